The molecule has 1 aromatic carbocycles. The average Bonchev–Trinajstić information content (AvgIpc) is 2.48. The molecule has 0 amide bonds. The number of aromatic nitrogens is 1. The molecule has 4 nitrogen and oxygen atoms in total. The lowest BCUT2D eigenvalue weighted by atomic mass is 10.1. The van der Waals surface area contributed by atoms with Crippen molar-refractivity contribution in [1.82, 2.24) is 4.98 Å². The van der Waals surface area contributed by atoms with E-state index < -0.39 is 19.9 Å². The molecule has 0 aliphatic rings. The molecule has 3 N–H and O–H groups in total. The van der Waals surface area contributed by atoms with Gasteiger partial charge in [0.05, 0.1) is 22.4 Å². The number of hydrogen-bond acceptors (Lipinski definition) is 4. The third kappa shape index (κ3) is 3.35. The molecule has 1 aromatic heterocycles. The molecule has 0 bridgehead atoms. The minimum absolute atomic E-state index is 0.117. The van der Waals surface area contributed by atoms with E-state index in [1.807, 2.05) is 0 Å². The molecule has 2 rings (SSSR count). The third-order valence-electron chi connectivity index (χ3n) is 2.82. The molecule has 0 saturated carbocycles. The standard InChI is InChI=1S/C15H21N3O/c1-11(5-3-7-16)18-14-10-13(19-2)9-12-6-4-8-17-15(12)14/h4,6,8-11,18H,3,5,7,16H2,1-2H3/i1D3,2D3. The third-order valence-corrected chi connectivity index (χ3v) is 2.82. The van der Waals surface area contributed by atoms with E-state index in [4.69, 9.17) is 18.7 Å². The second kappa shape index (κ2) is 6.38. The summed E-state index contributed by atoms with van der Waals surface area (Å²) in [7, 11) is -2.60. The van der Waals surface area contributed by atoms with Gasteiger partial charge in [-0.05, 0) is 38.4 Å². The topological polar surface area (TPSA) is 60.2 Å². The zero-order valence-corrected chi connectivity index (χ0v) is 10.5. The number of anilines is 1. The molecule has 102 valence electrons. The molecule has 2 aromatic rings. The number of ether oxygens (including phenoxy) is 1. The lowest BCUT2D eigenvalue weighted by Crippen LogP contribution is -2.17. The van der Waals surface area contributed by atoms with Crippen LogP contribution < -0.4 is 15.8 Å². The lowest BCUT2D eigenvalue weighted by Gasteiger charge is -2.17. The van der Waals surface area contributed by atoms with Crippen LogP contribution in [0, 0.1) is 0 Å². The summed E-state index contributed by atoms with van der Waals surface area (Å²) in [6.07, 6.45) is 2.49. The summed E-state index contributed by atoms with van der Waals surface area (Å²) in [5.41, 5.74) is 6.45. The summed E-state index contributed by atoms with van der Waals surface area (Å²) >= 11 is 0. The van der Waals surface area contributed by atoms with Gasteiger partial charge in [-0.2, -0.15) is 0 Å². The Morgan fingerprint density at radius 3 is 3.26 bits per heavy atom. The minimum Gasteiger partial charge on any atom is -0.497 e. The highest BCUT2D eigenvalue weighted by atomic mass is 16.5. The van der Waals surface area contributed by atoms with Crippen molar-refractivity contribution in [2.24, 2.45) is 5.73 Å². The number of hydrogen-bond donors (Lipinski definition) is 2. The molecule has 0 spiro atoms. The second-order valence-corrected chi connectivity index (χ2v) is 4.28. The average molecular weight is 265 g/mol. The van der Waals surface area contributed by atoms with Crippen molar-refractivity contribution in [3.63, 3.8) is 0 Å². The minimum atomic E-state index is -2.60. The van der Waals surface area contributed by atoms with Crippen LogP contribution in [0.2, 0.25) is 0 Å². The number of nitrogens with two attached hydrogens (primary N) is 1. The molecule has 0 fully saturated rings. The van der Waals surface area contributed by atoms with E-state index in [0.29, 0.717) is 36.0 Å². The predicted molar refractivity (Wildman–Crippen MR) is 79.7 cm³/mol. The number of nitrogens with zero attached hydrogens (tertiary/aromatic N) is 1. The molecule has 1 unspecified atom stereocenters. The maximum atomic E-state index is 7.71. The van der Waals surface area contributed by atoms with E-state index in [9.17, 15) is 0 Å². The number of nitrogens with one attached hydrogen (secondary N) is 1. The Kier molecular flexibility index (Phi) is 2.59. The van der Waals surface area contributed by atoms with Gasteiger partial charge in [0.1, 0.15) is 5.75 Å². The Morgan fingerprint density at radius 2 is 2.47 bits per heavy atom. The highest BCUT2D eigenvalue weighted by Crippen LogP contribution is 2.28. The highest BCUT2D eigenvalue weighted by Gasteiger charge is 2.08. The van der Waals surface area contributed by atoms with E-state index in [-0.39, 0.29) is 5.75 Å². The van der Waals surface area contributed by atoms with Gasteiger partial charge in [0.2, 0.25) is 0 Å². The summed E-state index contributed by atoms with van der Waals surface area (Å²) in [5.74, 6) is 0.117. The van der Waals surface area contributed by atoms with Crippen LogP contribution in [0.4, 0.5) is 5.69 Å². The van der Waals surface area contributed by atoms with E-state index in [1.165, 1.54) is 6.07 Å². The summed E-state index contributed by atoms with van der Waals surface area (Å²) in [6.45, 7) is -1.85. The van der Waals surface area contributed by atoms with Crippen molar-refractivity contribution >= 4 is 16.6 Å². The van der Waals surface area contributed by atoms with Crippen molar-refractivity contribution in [3.05, 3.63) is 30.5 Å². The van der Waals surface area contributed by atoms with E-state index >= 15 is 0 Å². The van der Waals surface area contributed by atoms with Gasteiger partial charge < -0.3 is 15.8 Å². The Balaban J connectivity index is 2.43. The van der Waals surface area contributed by atoms with Gasteiger partial charge in [-0.1, -0.05) is 6.07 Å². The molecule has 19 heavy (non-hydrogen) atoms. The first-order valence-corrected chi connectivity index (χ1v) is 6.14. The molecular weight excluding hydrogens is 238 g/mol. The summed E-state index contributed by atoms with van der Waals surface area (Å²) < 4.78 is 49.9. The van der Waals surface area contributed by atoms with Crippen molar-refractivity contribution in [1.29, 1.82) is 0 Å². The monoisotopic (exact) mass is 265 g/mol. The van der Waals surface area contributed by atoms with Crippen LogP contribution in [-0.2, 0) is 0 Å². The smallest absolute Gasteiger partial charge is 0.121 e. The van der Waals surface area contributed by atoms with E-state index in [1.54, 1.807) is 24.4 Å². The Labute approximate surface area is 122 Å². The largest absolute Gasteiger partial charge is 0.497 e. The highest BCUT2D eigenvalue weighted by molar-refractivity contribution is 5.91. The molecule has 0 aliphatic heterocycles. The maximum absolute atomic E-state index is 7.71. The van der Waals surface area contributed by atoms with Crippen LogP contribution in [-0.4, -0.2) is 24.6 Å². The van der Waals surface area contributed by atoms with Gasteiger partial charge in [-0.15, -0.1) is 0 Å². The fraction of sp³-hybridized carbons (Fsp3) is 0.400. The zero-order chi connectivity index (χ0) is 18.7. The Hall–Kier alpha value is -1.81. The van der Waals surface area contributed by atoms with E-state index in [2.05, 4.69) is 10.3 Å². The molecule has 1 heterocycles. The van der Waals surface area contributed by atoms with Gasteiger partial charge in [0.15, 0.2) is 0 Å². The SMILES string of the molecule is [2H]C([2H])([2H])Oc1cc(NC(CCCN)C([2H])([2H])[2H])c2ncccc2c1. The first-order valence-electron chi connectivity index (χ1n) is 9.14. The lowest BCUT2D eigenvalue weighted by molar-refractivity contribution is 0.415. The van der Waals surface area contributed by atoms with Crippen LogP contribution in [0.3, 0.4) is 0 Å². The van der Waals surface area contributed by atoms with Crippen LogP contribution in [0.25, 0.3) is 10.9 Å². The van der Waals surface area contributed by atoms with Crippen molar-refractivity contribution in [3.8, 4) is 5.75 Å². The first-order chi connectivity index (χ1) is 11.6. The fourth-order valence-electron chi connectivity index (χ4n) is 1.92. The number of fused-ring (bicyclic) bond motifs is 1. The Morgan fingerprint density at radius 1 is 1.53 bits per heavy atom. The molecule has 0 saturated heterocycles. The van der Waals surface area contributed by atoms with Crippen LogP contribution >= 0.6 is 0 Å². The number of pyridine rings is 1. The van der Waals surface area contributed by atoms with Crippen molar-refractivity contribution in [2.45, 2.75) is 25.7 Å². The van der Waals surface area contributed by atoms with Crippen molar-refractivity contribution in [2.75, 3.05) is 18.9 Å². The van der Waals surface area contributed by atoms with Crippen LogP contribution in [0.1, 0.15) is 27.9 Å². The molecular formula is C15H21N3O. The van der Waals surface area contributed by atoms with Gasteiger partial charge in [0.25, 0.3) is 0 Å². The zero-order valence-electron chi connectivity index (χ0n) is 16.5. The molecule has 0 aliphatic carbocycles. The van der Waals surface area contributed by atoms with Crippen LogP contribution in [0.15, 0.2) is 30.5 Å². The fourth-order valence-corrected chi connectivity index (χ4v) is 1.92. The van der Waals surface area contributed by atoms with Gasteiger partial charge in [-0.25, -0.2) is 0 Å². The van der Waals surface area contributed by atoms with Gasteiger partial charge in [-0.3, -0.25) is 4.98 Å². The number of benzene rings is 1. The Bertz CT molecular complexity index is 716. The summed E-state index contributed by atoms with van der Waals surface area (Å²) in [4.78, 5) is 4.27. The number of methoxy groups -OCH3 is 1. The predicted octanol–water partition coefficient (Wildman–Crippen LogP) is 2.78. The second-order valence-electron chi connectivity index (χ2n) is 4.28. The molecule has 0 radical (unpaired) electrons. The number of rotatable bonds is 6. The normalized spacial score (nSPS) is 18.4. The quantitative estimate of drug-likeness (QED) is 0.843. The van der Waals surface area contributed by atoms with Crippen molar-refractivity contribution < 1.29 is 13.0 Å². The molecule has 1 atom stereocenters. The summed E-state index contributed by atoms with van der Waals surface area (Å²) in [5, 5.41) is 3.63. The van der Waals surface area contributed by atoms with E-state index in [0.717, 1.165) is 0 Å². The van der Waals surface area contributed by atoms with Gasteiger partial charge in [0, 0.05) is 27.8 Å². The maximum Gasteiger partial charge on any atom is 0.121 e. The molecule has 4 heteroatoms. The van der Waals surface area contributed by atoms with Crippen LogP contribution in [0.5, 0.6) is 5.75 Å². The summed E-state index contributed by atoms with van der Waals surface area (Å²) in [6, 6.07) is 5.65. The van der Waals surface area contributed by atoms with Gasteiger partial charge >= 0.3 is 0 Å². The first kappa shape index (κ1) is 7.70.